The molecule has 1 fully saturated rings. The normalized spacial score (nSPS) is 18.5. The molecule has 1 saturated heterocycles. The van der Waals surface area contributed by atoms with Crippen LogP contribution in [0.2, 0.25) is 5.02 Å². The summed E-state index contributed by atoms with van der Waals surface area (Å²) in [5, 5.41) is 6.48. The molecule has 1 unspecified atom stereocenters. The van der Waals surface area contributed by atoms with Crippen molar-refractivity contribution < 1.29 is 13.2 Å². The van der Waals surface area contributed by atoms with Crippen LogP contribution in [0.1, 0.15) is 28.3 Å². The van der Waals surface area contributed by atoms with E-state index in [0.29, 0.717) is 28.8 Å². The Morgan fingerprint density at radius 1 is 1.23 bits per heavy atom. The third-order valence-corrected chi connectivity index (χ3v) is 6.09. The average Bonchev–Trinajstić information content (AvgIpc) is 2.88. The largest absolute Gasteiger partial charge is 0.366 e. The van der Waals surface area contributed by atoms with Crippen LogP contribution < -0.4 is 10.6 Å². The lowest BCUT2D eigenvalue weighted by molar-refractivity contribution is 0.102. The van der Waals surface area contributed by atoms with Crippen molar-refractivity contribution in [1.29, 1.82) is 0 Å². The van der Waals surface area contributed by atoms with Gasteiger partial charge in [0.1, 0.15) is 17.3 Å². The fraction of sp³-hybridized carbons (Fsp3) is 0.353. The summed E-state index contributed by atoms with van der Waals surface area (Å²) in [7, 11) is -3.00. The third kappa shape index (κ3) is 4.50. The number of carbonyl (C=O) groups excluding carboxylic acids is 1. The Hall–Kier alpha value is -2.19. The van der Waals surface area contributed by atoms with Crippen LogP contribution in [0.4, 0.5) is 11.5 Å². The van der Waals surface area contributed by atoms with E-state index < -0.39 is 9.84 Å². The van der Waals surface area contributed by atoms with Gasteiger partial charge in [0.15, 0.2) is 9.84 Å². The fourth-order valence-corrected chi connectivity index (χ4v) is 4.73. The summed E-state index contributed by atoms with van der Waals surface area (Å²) in [5.41, 5.74) is 1.69. The predicted molar refractivity (Wildman–Crippen MR) is 102 cm³/mol. The van der Waals surface area contributed by atoms with Crippen LogP contribution in [0, 0.1) is 13.8 Å². The van der Waals surface area contributed by atoms with Gasteiger partial charge in [0.05, 0.1) is 11.5 Å². The molecule has 3 rings (SSSR count). The van der Waals surface area contributed by atoms with E-state index in [1.54, 1.807) is 25.1 Å². The number of hydrogen-bond acceptors (Lipinski definition) is 6. The van der Waals surface area contributed by atoms with Gasteiger partial charge in [0.25, 0.3) is 5.91 Å². The topological polar surface area (TPSA) is 101 Å². The Kier molecular flexibility index (Phi) is 5.15. The lowest BCUT2D eigenvalue weighted by Gasteiger charge is -2.13. The Labute approximate surface area is 157 Å². The van der Waals surface area contributed by atoms with Gasteiger partial charge >= 0.3 is 0 Å². The summed E-state index contributed by atoms with van der Waals surface area (Å²) in [6, 6.07) is 6.51. The first kappa shape index (κ1) is 18.6. The van der Waals surface area contributed by atoms with Crippen molar-refractivity contribution in [2.45, 2.75) is 26.3 Å². The van der Waals surface area contributed by atoms with E-state index in [2.05, 4.69) is 20.6 Å². The van der Waals surface area contributed by atoms with Crippen LogP contribution >= 0.6 is 11.6 Å². The summed E-state index contributed by atoms with van der Waals surface area (Å²) in [5.74, 6) is 0.730. The number of sulfone groups is 1. The molecule has 1 aliphatic rings. The van der Waals surface area contributed by atoms with E-state index in [-0.39, 0.29) is 29.1 Å². The highest BCUT2D eigenvalue weighted by Crippen LogP contribution is 2.21. The Morgan fingerprint density at radius 3 is 2.65 bits per heavy atom. The molecule has 7 nitrogen and oxygen atoms in total. The number of amides is 1. The molecule has 0 spiro atoms. The van der Waals surface area contributed by atoms with Crippen LogP contribution in [-0.2, 0) is 9.84 Å². The van der Waals surface area contributed by atoms with Gasteiger partial charge in [-0.15, -0.1) is 0 Å². The van der Waals surface area contributed by atoms with Crippen molar-refractivity contribution in [2.24, 2.45) is 0 Å². The zero-order chi connectivity index (χ0) is 18.9. The van der Waals surface area contributed by atoms with Gasteiger partial charge in [-0.1, -0.05) is 11.6 Å². The van der Waals surface area contributed by atoms with Crippen molar-refractivity contribution in [3.63, 3.8) is 0 Å². The standard InChI is InChI=1S/C17H19ClN4O3S/c1-10-7-12(18)3-4-14(10)22-17(23)15-8-16(20-11(2)19-15)21-13-5-6-26(24,25)9-13/h3-4,7-8,13H,5-6,9H2,1-2H3,(H,22,23)(H,19,20,21). The van der Waals surface area contributed by atoms with Gasteiger partial charge in [0.2, 0.25) is 0 Å². The van der Waals surface area contributed by atoms with Crippen LogP contribution in [0.25, 0.3) is 0 Å². The molecular weight excluding hydrogens is 376 g/mol. The molecule has 0 radical (unpaired) electrons. The fourth-order valence-electron chi connectivity index (χ4n) is 2.83. The van der Waals surface area contributed by atoms with Crippen molar-refractivity contribution in [3.8, 4) is 0 Å². The zero-order valence-corrected chi connectivity index (χ0v) is 16.0. The minimum absolute atomic E-state index is 0.0710. The van der Waals surface area contributed by atoms with Gasteiger partial charge in [-0.3, -0.25) is 4.79 Å². The molecule has 1 aromatic carbocycles. The maximum absolute atomic E-state index is 12.5. The Morgan fingerprint density at radius 2 is 2.00 bits per heavy atom. The van der Waals surface area contributed by atoms with Gasteiger partial charge in [-0.2, -0.15) is 0 Å². The van der Waals surface area contributed by atoms with Gasteiger partial charge in [0, 0.05) is 22.8 Å². The number of nitrogens with zero attached hydrogens (tertiary/aromatic N) is 2. The Balaban J connectivity index is 1.77. The van der Waals surface area contributed by atoms with E-state index in [1.807, 2.05) is 6.92 Å². The molecule has 0 saturated carbocycles. The van der Waals surface area contributed by atoms with Crippen molar-refractivity contribution >= 4 is 38.9 Å². The highest BCUT2D eigenvalue weighted by atomic mass is 35.5. The summed E-state index contributed by atoms with van der Waals surface area (Å²) in [4.78, 5) is 21.0. The molecule has 138 valence electrons. The quantitative estimate of drug-likeness (QED) is 0.826. The minimum atomic E-state index is -3.00. The highest BCUT2D eigenvalue weighted by Gasteiger charge is 2.28. The molecule has 1 aliphatic heterocycles. The second kappa shape index (κ2) is 7.20. The predicted octanol–water partition coefficient (Wildman–Crippen LogP) is 2.60. The number of hydrogen-bond donors (Lipinski definition) is 2. The molecule has 26 heavy (non-hydrogen) atoms. The number of aromatic nitrogens is 2. The summed E-state index contributed by atoms with van der Waals surface area (Å²) < 4.78 is 23.2. The van der Waals surface area contributed by atoms with Crippen LogP contribution in [0.15, 0.2) is 24.3 Å². The number of aryl methyl sites for hydroxylation is 2. The van der Waals surface area contributed by atoms with E-state index in [9.17, 15) is 13.2 Å². The Bertz CT molecular complexity index is 962. The second-order valence-corrected chi connectivity index (χ2v) is 9.01. The molecule has 0 bridgehead atoms. The number of benzene rings is 1. The SMILES string of the molecule is Cc1nc(NC2CCS(=O)(=O)C2)cc(C(=O)Nc2ccc(Cl)cc2C)n1. The molecule has 2 heterocycles. The summed E-state index contributed by atoms with van der Waals surface area (Å²) >= 11 is 5.93. The van der Waals surface area contributed by atoms with Crippen molar-refractivity contribution in [3.05, 3.63) is 46.4 Å². The van der Waals surface area contributed by atoms with Gasteiger partial charge in [-0.25, -0.2) is 18.4 Å². The summed E-state index contributed by atoms with van der Waals surface area (Å²) in [6.45, 7) is 3.53. The van der Waals surface area contributed by atoms with E-state index in [4.69, 9.17) is 11.6 Å². The first-order valence-electron chi connectivity index (χ1n) is 8.12. The monoisotopic (exact) mass is 394 g/mol. The molecule has 2 aromatic rings. The molecule has 1 aromatic heterocycles. The highest BCUT2D eigenvalue weighted by molar-refractivity contribution is 7.91. The molecule has 1 atom stereocenters. The molecule has 2 N–H and O–H groups in total. The number of anilines is 2. The van der Waals surface area contributed by atoms with Crippen LogP contribution in [0.3, 0.4) is 0 Å². The lowest BCUT2D eigenvalue weighted by Crippen LogP contribution is -2.22. The molecule has 9 heteroatoms. The van der Waals surface area contributed by atoms with E-state index >= 15 is 0 Å². The average molecular weight is 395 g/mol. The molecule has 0 aliphatic carbocycles. The smallest absolute Gasteiger partial charge is 0.274 e. The minimum Gasteiger partial charge on any atom is -0.366 e. The van der Waals surface area contributed by atoms with E-state index in [0.717, 1.165) is 5.56 Å². The molecular formula is C17H19ClN4O3S. The third-order valence-electron chi connectivity index (χ3n) is 4.09. The first-order chi connectivity index (χ1) is 12.2. The zero-order valence-electron chi connectivity index (χ0n) is 14.4. The van der Waals surface area contributed by atoms with Crippen LogP contribution in [0.5, 0.6) is 0 Å². The number of carbonyl (C=O) groups is 1. The van der Waals surface area contributed by atoms with Gasteiger partial charge in [-0.05, 0) is 44.0 Å². The van der Waals surface area contributed by atoms with Gasteiger partial charge < -0.3 is 10.6 Å². The second-order valence-electron chi connectivity index (χ2n) is 6.34. The maximum Gasteiger partial charge on any atom is 0.274 e. The number of halogens is 1. The maximum atomic E-state index is 12.5. The lowest BCUT2D eigenvalue weighted by atomic mass is 10.2. The summed E-state index contributed by atoms with van der Waals surface area (Å²) in [6.07, 6.45) is 0.525. The first-order valence-corrected chi connectivity index (χ1v) is 10.3. The van der Waals surface area contributed by atoms with Crippen molar-refractivity contribution in [2.75, 3.05) is 22.1 Å². The van der Waals surface area contributed by atoms with Crippen molar-refractivity contribution in [1.82, 2.24) is 9.97 Å². The number of rotatable bonds is 4. The van der Waals surface area contributed by atoms with E-state index in [1.165, 1.54) is 6.07 Å². The number of nitrogens with one attached hydrogen (secondary N) is 2. The van der Waals surface area contributed by atoms with Crippen LogP contribution in [-0.4, -0.2) is 41.8 Å². The molecule has 1 amide bonds.